The van der Waals surface area contributed by atoms with Crippen molar-refractivity contribution in [1.29, 1.82) is 0 Å². The van der Waals surface area contributed by atoms with E-state index in [4.69, 9.17) is 27.9 Å². The molecule has 1 aromatic carbocycles. The molecule has 5 heteroatoms. The maximum Gasteiger partial charge on any atom is 0.157 e. The van der Waals surface area contributed by atoms with Gasteiger partial charge in [-0.1, -0.05) is 29.3 Å². The van der Waals surface area contributed by atoms with E-state index in [9.17, 15) is 0 Å². The minimum Gasteiger partial charge on any atom is -0.486 e. The highest BCUT2D eigenvalue weighted by Crippen LogP contribution is 2.22. The molecular formula is C12H12Cl2N2O. The van der Waals surface area contributed by atoms with Gasteiger partial charge < -0.3 is 4.74 Å². The fourth-order valence-corrected chi connectivity index (χ4v) is 1.85. The Morgan fingerprint density at radius 3 is 2.82 bits per heavy atom. The van der Waals surface area contributed by atoms with Gasteiger partial charge in [0.2, 0.25) is 0 Å². The Kier molecular flexibility index (Phi) is 3.92. The second-order valence-electron chi connectivity index (χ2n) is 3.56. The lowest BCUT2D eigenvalue weighted by Gasteiger charge is -2.05. The van der Waals surface area contributed by atoms with Crippen molar-refractivity contribution >= 4 is 23.2 Å². The van der Waals surface area contributed by atoms with Gasteiger partial charge in [0.25, 0.3) is 0 Å². The van der Waals surface area contributed by atoms with Crippen molar-refractivity contribution in [1.82, 2.24) is 9.78 Å². The number of aromatic nitrogens is 2. The normalized spacial score (nSPS) is 10.5. The lowest BCUT2D eigenvalue weighted by molar-refractivity contribution is 0.306. The zero-order chi connectivity index (χ0) is 12.3. The molecule has 0 aliphatic rings. The van der Waals surface area contributed by atoms with E-state index in [2.05, 4.69) is 5.10 Å². The molecular weight excluding hydrogens is 259 g/mol. The van der Waals surface area contributed by atoms with Crippen molar-refractivity contribution in [3.05, 3.63) is 46.2 Å². The topological polar surface area (TPSA) is 27.1 Å². The molecule has 0 radical (unpaired) electrons. The summed E-state index contributed by atoms with van der Waals surface area (Å²) in [6.45, 7) is 3.25. The van der Waals surface area contributed by atoms with E-state index in [1.807, 2.05) is 19.2 Å². The number of rotatable bonds is 4. The first-order valence-electron chi connectivity index (χ1n) is 5.28. The van der Waals surface area contributed by atoms with E-state index >= 15 is 0 Å². The SMILES string of the molecule is CCn1cc(OCc2ccc(Cl)cc2Cl)cn1. The van der Waals surface area contributed by atoms with Gasteiger partial charge in [-0.3, -0.25) is 4.68 Å². The molecule has 2 rings (SSSR count). The van der Waals surface area contributed by atoms with Crippen LogP contribution in [-0.2, 0) is 13.2 Å². The molecule has 0 amide bonds. The summed E-state index contributed by atoms with van der Waals surface area (Å²) < 4.78 is 7.39. The second kappa shape index (κ2) is 5.43. The first-order valence-corrected chi connectivity index (χ1v) is 6.04. The number of halogens is 2. The molecule has 3 nitrogen and oxygen atoms in total. The van der Waals surface area contributed by atoms with Gasteiger partial charge in [0.15, 0.2) is 5.75 Å². The molecule has 0 unspecified atom stereocenters. The Morgan fingerprint density at radius 2 is 2.18 bits per heavy atom. The maximum atomic E-state index is 6.04. The number of benzene rings is 1. The summed E-state index contributed by atoms with van der Waals surface area (Å²) in [6, 6.07) is 5.35. The minimum atomic E-state index is 0.408. The average molecular weight is 271 g/mol. The summed E-state index contributed by atoms with van der Waals surface area (Å²) in [5.41, 5.74) is 0.903. The van der Waals surface area contributed by atoms with Crippen LogP contribution in [0.4, 0.5) is 0 Å². The largest absolute Gasteiger partial charge is 0.486 e. The number of aryl methyl sites for hydroxylation is 1. The molecule has 1 aromatic heterocycles. The van der Waals surface area contributed by atoms with Gasteiger partial charge in [0.05, 0.1) is 12.4 Å². The van der Waals surface area contributed by atoms with E-state index in [0.717, 1.165) is 17.9 Å². The zero-order valence-corrected chi connectivity index (χ0v) is 10.9. The first kappa shape index (κ1) is 12.3. The highest BCUT2D eigenvalue weighted by atomic mass is 35.5. The van der Waals surface area contributed by atoms with Crippen LogP contribution in [0.2, 0.25) is 10.0 Å². The van der Waals surface area contributed by atoms with E-state index in [0.29, 0.717) is 16.7 Å². The van der Waals surface area contributed by atoms with Crippen LogP contribution in [0.15, 0.2) is 30.6 Å². The lowest BCUT2D eigenvalue weighted by atomic mass is 10.2. The predicted molar refractivity (Wildman–Crippen MR) is 68.7 cm³/mol. The Labute approximate surface area is 110 Å². The number of nitrogens with zero attached hydrogens (tertiary/aromatic N) is 2. The highest BCUT2D eigenvalue weighted by Gasteiger charge is 2.03. The Morgan fingerprint density at radius 1 is 1.35 bits per heavy atom. The van der Waals surface area contributed by atoms with Gasteiger partial charge in [0, 0.05) is 22.2 Å². The Hall–Kier alpha value is -1.19. The zero-order valence-electron chi connectivity index (χ0n) is 9.36. The van der Waals surface area contributed by atoms with Crippen LogP contribution < -0.4 is 4.74 Å². The molecule has 0 N–H and O–H groups in total. The van der Waals surface area contributed by atoms with Crippen LogP contribution in [0, 0.1) is 0 Å². The fraction of sp³-hybridized carbons (Fsp3) is 0.250. The third-order valence-electron chi connectivity index (χ3n) is 2.34. The van der Waals surface area contributed by atoms with Crippen LogP contribution in [0.25, 0.3) is 0 Å². The summed E-state index contributed by atoms with van der Waals surface area (Å²) in [5, 5.41) is 5.36. The molecule has 2 aromatic rings. The van der Waals surface area contributed by atoms with Gasteiger partial charge in [0.1, 0.15) is 6.61 Å². The van der Waals surface area contributed by atoms with Crippen LogP contribution >= 0.6 is 23.2 Å². The molecule has 1 heterocycles. The van der Waals surface area contributed by atoms with Gasteiger partial charge >= 0.3 is 0 Å². The van der Waals surface area contributed by atoms with Gasteiger partial charge in [-0.25, -0.2) is 0 Å². The first-order chi connectivity index (χ1) is 8.19. The van der Waals surface area contributed by atoms with Crippen LogP contribution in [0.5, 0.6) is 5.75 Å². The van der Waals surface area contributed by atoms with Crippen molar-refractivity contribution in [3.8, 4) is 5.75 Å². The molecule has 0 saturated carbocycles. The quantitative estimate of drug-likeness (QED) is 0.845. The third kappa shape index (κ3) is 3.14. The highest BCUT2D eigenvalue weighted by molar-refractivity contribution is 6.35. The van der Waals surface area contributed by atoms with Crippen LogP contribution in [0.3, 0.4) is 0 Å². The molecule has 0 aliphatic carbocycles. The molecule has 0 fully saturated rings. The van der Waals surface area contributed by atoms with E-state index in [-0.39, 0.29) is 0 Å². The summed E-state index contributed by atoms with van der Waals surface area (Å²) in [6.07, 6.45) is 3.54. The van der Waals surface area contributed by atoms with Gasteiger partial charge in [-0.15, -0.1) is 0 Å². The number of ether oxygens (including phenoxy) is 1. The van der Waals surface area contributed by atoms with Gasteiger partial charge in [-0.2, -0.15) is 5.10 Å². The van der Waals surface area contributed by atoms with Crippen molar-refractivity contribution < 1.29 is 4.74 Å². The second-order valence-corrected chi connectivity index (χ2v) is 4.40. The summed E-state index contributed by atoms with van der Waals surface area (Å²) in [7, 11) is 0. The lowest BCUT2D eigenvalue weighted by Crippen LogP contribution is -1.96. The molecule has 0 saturated heterocycles. The van der Waals surface area contributed by atoms with Crippen molar-refractivity contribution in [2.45, 2.75) is 20.1 Å². The Balaban J connectivity index is 2.02. The number of hydrogen-bond acceptors (Lipinski definition) is 2. The van der Waals surface area contributed by atoms with E-state index in [1.165, 1.54) is 0 Å². The standard InChI is InChI=1S/C12H12Cl2N2O/c1-2-16-7-11(6-15-16)17-8-9-3-4-10(13)5-12(9)14/h3-7H,2,8H2,1H3. The summed E-state index contributed by atoms with van der Waals surface area (Å²) >= 11 is 11.9. The monoisotopic (exact) mass is 270 g/mol. The molecule has 0 spiro atoms. The van der Waals surface area contributed by atoms with Gasteiger partial charge in [-0.05, 0) is 19.1 Å². The van der Waals surface area contributed by atoms with Crippen LogP contribution in [-0.4, -0.2) is 9.78 Å². The van der Waals surface area contributed by atoms with E-state index in [1.54, 1.807) is 23.0 Å². The fourth-order valence-electron chi connectivity index (χ4n) is 1.39. The molecule has 0 bridgehead atoms. The maximum absolute atomic E-state index is 6.04. The molecule has 17 heavy (non-hydrogen) atoms. The third-order valence-corrected chi connectivity index (χ3v) is 2.93. The Bertz CT molecular complexity index is 511. The number of hydrogen-bond donors (Lipinski definition) is 0. The van der Waals surface area contributed by atoms with Crippen LogP contribution in [0.1, 0.15) is 12.5 Å². The molecule has 0 aliphatic heterocycles. The molecule has 90 valence electrons. The van der Waals surface area contributed by atoms with Crippen molar-refractivity contribution in [2.24, 2.45) is 0 Å². The van der Waals surface area contributed by atoms with Crippen molar-refractivity contribution in [3.63, 3.8) is 0 Å². The average Bonchev–Trinajstić information content (AvgIpc) is 2.76. The smallest absolute Gasteiger partial charge is 0.157 e. The van der Waals surface area contributed by atoms with E-state index < -0.39 is 0 Å². The summed E-state index contributed by atoms with van der Waals surface area (Å²) in [4.78, 5) is 0. The van der Waals surface area contributed by atoms with Crippen molar-refractivity contribution in [2.75, 3.05) is 0 Å². The minimum absolute atomic E-state index is 0.408. The summed E-state index contributed by atoms with van der Waals surface area (Å²) in [5.74, 6) is 0.734. The predicted octanol–water partition coefficient (Wildman–Crippen LogP) is 3.79. The molecule has 0 atom stereocenters.